The van der Waals surface area contributed by atoms with Gasteiger partial charge in [0, 0.05) is 17.1 Å². The second-order valence-corrected chi connectivity index (χ2v) is 8.45. The molecule has 4 nitrogen and oxygen atoms in total. The lowest BCUT2D eigenvalue weighted by Gasteiger charge is -2.18. The molecule has 0 radical (unpaired) electrons. The van der Waals surface area contributed by atoms with Gasteiger partial charge in [-0.1, -0.05) is 37.0 Å². The Kier molecular flexibility index (Phi) is 6.60. The van der Waals surface area contributed by atoms with Gasteiger partial charge in [0.2, 0.25) is 10.0 Å². The van der Waals surface area contributed by atoms with Gasteiger partial charge in [-0.25, -0.2) is 8.42 Å². The van der Waals surface area contributed by atoms with Crippen molar-refractivity contribution < 1.29 is 8.42 Å². The van der Waals surface area contributed by atoms with Crippen molar-refractivity contribution in [3.63, 3.8) is 0 Å². The van der Waals surface area contributed by atoms with E-state index in [4.69, 9.17) is 23.2 Å². The molecule has 0 amide bonds. The van der Waals surface area contributed by atoms with Crippen LogP contribution < -0.4 is 10.0 Å². The highest BCUT2D eigenvalue weighted by Crippen LogP contribution is 2.36. The summed E-state index contributed by atoms with van der Waals surface area (Å²) >= 11 is 15.2. The van der Waals surface area contributed by atoms with E-state index in [1.54, 1.807) is 19.1 Å². The molecule has 2 N–H and O–H groups in total. The molecule has 8 heteroatoms. The minimum Gasteiger partial charge on any atom is -0.313 e. The van der Waals surface area contributed by atoms with Crippen molar-refractivity contribution in [2.24, 2.45) is 0 Å². The van der Waals surface area contributed by atoms with Gasteiger partial charge in [-0.3, -0.25) is 4.72 Å². The van der Waals surface area contributed by atoms with Crippen LogP contribution in [0, 0.1) is 0 Å². The minimum absolute atomic E-state index is 0.175. The van der Waals surface area contributed by atoms with Crippen LogP contribution in [0.15, 0.2) is 16.6 Å². The van der Waals surface area contributed by atoms with E-state index in [1.807, 2.05) is 13.8 Å². The fraction of sp³-hybridized carbons (Fsp3) is 0.500. The summed E-state index contributed by atoms with van der Waals surface area (Å²) in [6, 6.07) is 3.43. The molecule has 20 heavy (non-hydrogen) atoms. The summed E-state index contributed by atoms with van der Waals surface area (Å²) in [6.45, 7) is 5.90. The van der Waals surface area contributed by atoms with Crippen molar-refractivity contribution in [1.29, 1.82) is 0 Å². The number of rotatable bonds is 6. The quantitative estimate of drug-likeness (QED) is 0.708. The van der Waals surface area contributed by atoms with Gasteiger partial charge < -0.3 is 5.32 Å². The average molecular weight is 404 g/mol. The van der Waals surface area contributed by atoms with E-state index in [-0.39, 0.29) is 21.8 Å². The molecule has 1 unspecified atom stereocenters. The Bertz CT molecular complexity index is 579. The molecule has 0 aromatic heterocycles. The van der Waals surface area contributed by atoms with Gasteiger partial charge in [-0.2, -0.15) is 0 Å². The number of hydrogen-bond donors (Lipinski definition) is 2. The predicted octanol–water partition coefficient (Wildman–Crippen LogP) is 3.88. The Morgan fingerprint density at radius 2 is 1.80 bits per heavy atom. The number of halogens is 3. The van der Waals surface area contributed by atoms with E-state index in [2.05, 4.69) is 26.0 Å². The average Bonchev–Trinajstić information content (AvgIpc) is 2.36. The highest BCUT2D eigenvalue weighted by atomic mass is 79.9. The first kappa shape index (κ1) is 18.0. The molecule has 0 saturated carbocycles. The summed E-state index contributed by atoms with van der Waals surface area (Å²) in [5.41, 5.74) is 0.274. The maximum atomic E-state index is 12.2. The van der Waals surface area contributed by atoms with Crippen LogP contribution in [0.3, 0.4) is 0 Å². The van der Waals surface area contributed by atoms with Crippen molar-refractivity contribution in [3.8, 4) is 0 Å². The van der Waals surface area contributed by atoms with E-state index in [9.17, 15) is 8.42 Å². The molecule has 0 heterocycles. The summed E-state index contributed by atoms with van der Waals surface area (Å²) < 4.78 is 27.5. The standard InChI is InChI=1S/C12H17BrCl2N2O2S/c1-7(2)16-6-8(3)20(18,19)17-10-5-4-9(13)11(14)12(10)15/h4-5,7-8,16-17H,6H2,1-3H3. The molecule has 1 rings (SSSR count). The molecule has 1 aromatic rings. The normalized spacial score (nSPS) is 13.6. The molecule has 0 saturated heterocycles. The molecule has 0 aliphatic carbocycles. The first-order valence-electron chi connectivity index (χ1n) is 6.03. The van der Waals surface area contributed by atoms with Crippen LogP contribution in [-0.2, 0) is 10.0 Å². The molecule has 114 valence electrons. The summed E-state index contributed by atoms with van der Waals surface area (Å²) in [6.07, 6.45) is 0. The molecule has 0 aliphatic rings. The first-order chi connectivity index (χ1) is 9.15. The zero-order valence-corrected chi connectivity index (χ0v) is 15.3. The van der Waals surface area contributed by atoms with Gasteiger partial charge in [0.15, 0.2) is 0 Å². The predicted molar refractivity (Wildman–Crippen MR) is 89.3 cm³/mol. The Labute approximate surface area is 138 Å². The van der Waals surface area contributed by atoms with Crippen LogP contribution in [-0.4, -0.2) is 26.3 Å². The van der Waals surface area contributed by atoms with E-state index < -0.39 is 15.3 Å². The fourth-order valence-corrected chi connectivity index (χ4v) is 3.24. The zero-order chi connectivity index (χ0) is 15.5. The lowest BCUT2D eigenvalue weighted by Crippen LogP contribution is -2.37. The molecule has 0 spiro atoms. The van der Waals surface area contributed by atoms with Crippen LogP contribution >= 0.6 is 39.1 Å². The van der Waals surface area contributed by atoms with Crippen LogP contribution in [0.4, 0.5) is 5.69 Å². The third-order valence-electron chi connectivity index (χ3n) is 2.63. The molecule has 0 bridgehead atoms. The topological polar surface area (TPSA) is 58.2 Å². The Balaban J connectivity index is 2.89. The van der Waals surface area contributed by atoms with Crippen molar-refractivity contribution in [2.45, 2.75) is 32.1 Å². The van der Waals surface area contributed by atoms with E-state index in [0.29, 0.717) is 11.0 Å². The monoisotopic (exact) mass is 402 g/mol. The van der Waals surface area contributed by atoms with Gasteiger partial charge in [-0.15, -0.1) is 0 Å². The van der Waals surface area contributed by atoms with Gasteiger partial charge in [0.25, 0.3) is 0 Å². The zero-order valence-electron chi connectivity index (χ0n) is 11.4. The fourth-order valence-electron chi connectivity index (χ4n) is 1.37. The molecule has 0 fully saturated rings. The van der Waals surface area contributed by atoms with E-state index in [0.717, 1.165) is 0 Å². The Morgan fingerprint density at radius 3 is 2.35 bits per heavy atom. The minimum atomic E-state index is -3.53. The van der Waals surface area contributed by atoms with Gasteiger partial charge in [-0.05, 0) is 35.0 Å². The van der Waals surface area contributed by atoms with Gasteiger partial charge >= 0.3 is 0 Å². The SMILES string of the molecule is CC(C)NCC(C)S(=O)(=O)Nc1ccc(Br)c(Cl)c1Cl. The second kappa shape index (κ2) is 7.31. The highest BCUT2D eigenvalue weighted by Gasteiger charge is 2.22. The lowest BCUT2D eigenvalue weighted by atomic mass is 10.3. The number of nitrogens with one attached hydrogen (secondary N) is 2. The maximum absolute atomic E-state index is 12.2. The lowest BCUT2D eigenvalue weighted by molar-refractivity contribution is 0.553. The van der Waals surface area contributed by atoms with Crippen LogP contribution in [0.1, 0.15) is 20.8 Å². The van der Waals surface area contributed by atoms with Crippen molar-refractivity contribution >= 4 is 54.8 Å². The number of benzene rings is 1. The first-order valence-corrected chi connectivity index (χ1v) is 9.13. The van der Waals surface area contributed by atoms with Gasteiger partial charge in [0.05, 0.1) is 21.0 Å². The second-order valence-electron chi connectivity index (χ2n) is 4.74. The Morgan fingerprint density at radius 1 is 1.20 bits per heavy atom. The third kappa shape index (κ3) is 4.77. The van der Waals surface area contributed by atoms with Crippen LogP contribution in [0.2, 0.25) is 10.0 Å². The van der Waals surface area contributed by atoms with Gasteiger partial charge in [0.1, 0.15) is 0 Å². The van der Waals surface area contributed by atoms with Crippen molar-refractivity contribution in [2.75, 3.05) is 11.3 Å². The highest BCUT2D eigenvalue weighted by molar-refractivity contribution is 9.10. The van der Waals surface area contributed by atoms with E-state index >= 15 is 0 Å². The smallest absolute Gasteiger partial charge is 0.236 e. The largest absolute Gasteiger partial charge is 0.313 e. The summed E-state index contributed by atoms with van der Waals surface area (Å²) in [7, 11) is -3.53. The van der Waals surface area contributed by atoms with Crippen LogP contribution in [0.5, 0.6) is 0 Å². The molecule has 1 aromatic carbocycles. The summed E-state index contributed by atoms with van der Waals surface area (Å²) in [5, 5.41) is 2.94. The molecular weight excluding hydrogens is 387 g/mol. The van der Waals surface area contributed by atoms with E-state index in [1.165, 1.54) is 0 Å². The molecular formula is C12H17BrCl2N2O2S. The van der Waals surface area contributed by atoms with Crippen LogP contribution in [0.25, 0.3) is 0 Å². The number of hydrogen-bond acceptors (Lipinski definition) is 3. The number of anilines is 1. The summed E-state index contributed by atoms with van der Waals surface area (Å²) in [4.78, 5) is 0. The molecule has 0 aliphatic heterocycles. The number of sulfonamides is 1. The maximum Gasteiger partial charge on any atom is 0.236 e. The Hall–Kier alpha value is -0.0100. The summed E-state index contributed by atoms with van der Waals surface area (Å²) in [5.74, 6) is 0. The third-order valence-corrected chi connectivity index (χ3v) is 6.13. The van der Waals surface area contributed by atoms with Crippen molar-refractivity contribution in [3.05, 3.63) is 26.7 Å². The van der Waals surface area contributed by atoms with Crippen molar-refractivity contribution in [1.82, 2.24) is 5.32 Å². The molecule has 1 atom stereocenters.